The molecule has 0 heterocycles. The van der Waals surface area contributed by atoms with Crippen molar-refractivity contribution < 1.29 is 80.5 Å². The molecular formula is C16H15F15O3. The van der Waals surface area contributed by atoms with E-state index in [1.165, 1.54) is 0 Å². The van der Waals surface area contributed by atoms with Gasteiger partial charge in [-0.25, -0.2) is 9.18 Å². The topological polar surface area (TPSA) is 46.5 Å². The minimum Gasteiger partial charge on any atom is -0.460 e. The lowest BCUT2D eigenvalue weighted by Gasteiger charge is -2.43. The summed E-state index contributed by atoms with van der Waals surface area (Å²) in [5, 5.41) is 9.35. The lowest BCUT2D eigenvalue weighted by atomic mass is 9.85. The second kappa shape index (κ2) is 9.64. The zero-order chi connectivity index (χ0) is 27.8. The van der Waals surface area contributed by atoms with Crippen LogP contribution in [0.2, 0.25) is 0 Å². The van der Waals surface area contributed by atoms with E-state index in [0.717, 1.165) is 6.92 Å². The molecule has 1 atom stereocenters. The molecule has 0 fully saturated rings. The molecule has 0 radical (unpaired) electrons. The molecule has 18 heteroatoms. The van der Waals surface area contributed by atoms with E-state index in [2.05, 4.69) is 11.3 Å². The lowest BCUT2D eigenvalue weighted by molar-refractivity contribution is -0.457. The van der Waals surface area contributed by atoms with Crippen molar-refractivity contribution >= 4 is 5.97 Å². The summed E-state index contributed by atoms with van der Waals surface area (Å²) >= 11 is 0. The molecular weight excluding hydrogens is 525 g/mol. The number of hydrogen-bond acceptors (Lipinski definition) is 3. The molecule has 202 valence electrons. The molecule has 0 saturated carbocycles. The lowest BCUT2D eigenvalue weighted by Crippen LogP contribution is -2.75. The molecule has 0 spiro atoms. The molecule has 0 aromatic carbocycles. The third-order valence-electron chi connectivity index (χ3n) is 4.25. The maximum atomic E-state index is 13.7. The first kappa shape index (κ1) is 32.1. The van der Waals surface area contributed by atoms with E-state index in [1.54, 1.807) is 0 Å². The zero-order valence-corrected chi connectivity index (χ0v) is 16.5. The maximum absolute atomic E-state index is 13.7. The Bertz CT molecular complexity index is 725. The van der Waals surface area contributed by atoms with Crippen LogP contribution >= 0.6 is 0 Å². The van der Waals surface area contributed by atoms with Crippen molar-refractivity contribution in [3.8, 4) is 0 Å². The van der Waals surface area contributed by atoms with E-state index < -0.39 is 79.7 Å². The Balaban J connectivity index is 5.83. The SMILES string of the molecule is C=C(C)C(=O)OCC(O)CCCC(F)(F)C(F)(F)C(F)(F)C(F)(F)C(F)(C(F)(F)F)C(F)(F)F. The van der Waals surface area contributed by atoms with Gasteiger partial charge in [0.2, 0.25) is 0 Å². The zero-order valence-electron chi connectivity index (χ0n) is 16.5. The number of carbonyl (C=O) groups excluding carboxylic acids is 1. The fourth-order valence-electron chi connectivity index (χ4n) is 2.26. The predicted molar refractivity (Wildman–Crippen MR) is 81.4 cm³/mol. The van der Waals surface area contributed by atoms with Crippen LogP contribution in [0.3, 0.4) is 0 Å². The van der Waals surface area contributed by atoms with Gasteiger partial charge < -0.3 is 9.84 Å². The van der Waals surface area contributed by atoms with E-state index in [9.17, 15) is 75.8 Å². The average molecular weight is 540 g/mol. The van der Waals surface area contributed by atoms with Crippen LogP contribution in [0.4, 0.5) is 65.9 Å². The summed E-state index contributed by atoms with van der Waals surface area (Å²) < 4.78 is 201. The van der Waals surface area contributed by atoms with Gasteiger partial charge >= 0.3 is 47.7 Å². The van der Waals surface area contributed by atoms with Crippen molar-refractivity contribution in [3.63, 3.8) is 0 Å². The van der Waals surface area contributed by atoms with Gasteiger partial charge in [0, 0.05) is 12.0 Å². The molecule has 1 N–H and O–H groups in total. The molecule has 3 nitrogen and oxygen atoms in total. The molecule has 0 aliphatic rings. The van der Waals surface area contributed by atoms with Crippen molar-refractivity contribution in [2.75, 3.05) is 6.61 Å². The van der Waals surface area contributed by atoms with Gasteiger partial charge in [0.15, 0.2) is 0 Å². The van der Waals surface area contributed by atoms with Crippen LogP contribution in [0.1, 0.15) is 26.2 Å². The Morgan fingerprint density at radius 1 is 0.794 bits per heavy atom. The van der Waals surface area contributed by atoms with Gasteiger partial charge in [-0.15, -0.1) is 0 Å². The third kappa shape index (κ3) is 5.50. The van der Waals surface area contributed by atoms with Crippen LogP contribution in [0.15, 0.2) is 12.2 Å². The number of halogens is 15. The number of rotatable bonds is 11. The minimum atomic E-state index is -8.46. The quantitative estimate of drug-likeness (QED) is 0.199. The summed E-state index contributed by atoms with van der Waals surface area (Å²) in [7, 11) is 0. The average Bonchev–Trinajstić information content (AvgIpc) is 2.62. The number of ether oxygens (including phenoxy) is 1. The largest absolute Gasteiger partial charge is 0.460 e. The Morgan fingerprint density at radius 2 is 1.21 bits per heavy atom. The van der Waals surface area contributed by atoms with E-state index in [4.69, 9.17) is 0 Å². The normalized spacial score (nSPS) is 15.8. The maximum Gasteiger partial charge on any atom is 0.438 e. The van der Waals surface area contributed by atoms with Crippen molar-refractivity contribution in [1.29, 1.82) is 0 Å². The first-order chi connectivity index (χ1) is 14.7. The van der Waals surface area contributed by atoms with Crippen LogP contribution in [-0.4, -0.2) is 65.5 Å². The van der Waals surface area contributed by atoms with Crippen LogP contribution in [0.5, 0.6) is 0 Å². The highest BCUT2D eigenvalue weighted by Gasteiger charge is 2.95. The molecule has 0 aliphatic heterocycles. The van der Waals surface area contributed by atoms with Crippen molar-refractivity contribution in [1.82, 2.24) is 0 Å². The molecule has 1 unspecified atom stereocenters. The number of alkyl halides is 15. The van der Waals surface area contributed by atoms with Gasteiger partial charge in [0.25, 0.3) is 0 Å². The molecule has 0 bridgehead atoms. The molecule has 0 rings (SSSR count). The second-order valence-electron chi connectivity index (χ2n) is 7.01. The standard InChI is InChI=1S/C16H15F15O3/c1-7(2)9(33)34-6-8(32)4-3-5-10(17,18)12(20,21)14(24,25)13(22,23)11(19,15(26,27)28)16(29,30)31/h8,32H,1,3-6H2,2H3. The fraction of sp³-hybridized carbons (Fsp3) is 0.812. The van der Waals surface area contributed by atoms with Gasteiger partial charge in [-0.2, -0.15) is 61.5 Å². The summed E-state index contributed by atoms with van der Waals surface area (Å²) in [6, 6.07) is 0. The van der Waals surface area contributed by atoms with Gasteiger partial charge in [-0.3, -0.25) is 0 Å². The van der Waals surface area contributed by atoms with E-state index in [0.29, 0.717) is 0 Å². The number of carbonyl (C=O) groups is 1. The van der Waals surface area contributed by atoms with Gasteiger partial charge in [0.1, 0.15) is 6.61 Å². The Hall–Kier alpha value is -1.88. The van der Waals surface area contributed by atoms with E-state index in [1.807, 2.05) is 0 Å². The molecule has 0 aliphatic carbocycles. The smallest absolute Gasteiger partial charge is 0.438 e. The van der Waals surface area contributed by atoms with Crippen molar-refractivity contribution in [2.24, 2.45) is 0 Å². The first-order valence-corrected chi connectivity index (χ1v) is 8.56. The number of aliphatic hydroxyl groups is 1. The number of aliphatic hydroxyl groups excluding tert-OH is 1. The van der Waals surface area contributed by atoms with Crippen LogP contribution < -0.4 is 0 Å². The molecule has 0 aromatic heterocycles. The van der Waals surface area contributed by atoms with Crippen LogP contribution in [0.25, 0.3) is 0 Å². The summed E-state index contributed by atoms with van der Waals surface area (Å²) in [6.07, 6.45) is -23.0. The first-order valence-electron chi connectivity index (χ1n) is 8.56. The Labute approximate surface area is 180 Å². The molecule has 0 amide bonds. The number of hydrogen-bond donors (Lipinski definition) is 1. The van der Waals surface area contributed by atoms with Crippen molar-refractivity contribution in [2.45, 2.75) is 74.0 Å². The summed E-state index contributed by atoms with van der Waals surface area (Å²) in [6.45, 7) is 3.27. The number of esters is 1. The van der Waals surface area contributed by atoms with Crippen LogP contribution in [-0.2, 0) is 9.53 Å². The highest BCUT2D eigenvalue weighted by molar-refractivity contribution is 5.86. The fourth-order valence-corrected chi connectivity index (χ4v) is 2.26. The molecule has 0 saturated heterocycles. The van der Waals surface area contributed by atoms with Crippen LogP contribution in [0, 0.1) is 0 Å². The predicted octanol–water partition coefficient (Wildman–Crippen LogP) is 6.01. The summed E-state index contributed by atoms with van der Waals surface area (Å²) in [5.74, 6) is -31.9. The second-order valence-corrected chi connectivity index (χ2v) is 7.01. The van der Waals surface area contributed by atoms with Crippen molar-refractivity contribution in [3.05, 3.63) is 12.2 Å². The Morgan fingerprint density at radius 3 is 1.56 bits per heavy atom. The third-order valence-corrected chi connectivity index (χ3v) is 4.25. The highest BCUT2D eigenvalue weighted by Crippen LogP contribution is 2.64. The summed E-state index contributed by atoms with van der Waals surface area (Å²) in [5.41, 5.74) is -8.54. The monoisotopic (exact) mass is 540 g/mol. The van der Waals surface area contributed by atoms with E-state index in [-0.39, 0.29) is 5.57 Å². The van der Waals surface area contributed by atoms with Gasteiger partial charge in [0.05, 0.1) is 6.10 Å². The van der Waals surface area contributed by atoms with Gasteiger partial charge in [-0.1, -0.05) is 6.58 Å². The molecule has 34 heavy (non-hydrogen) atoms. The minimum absolute atomic E-state index is 0.205. The Kier molecular flexibility index (Phi) is 9.11. The summed E-state index contributed by atoms with van der Waals surface area (Å²) in [4.78, 5) is 11.0. The van der Waals surface area contributed by atoms with Gasteiger partial charge in [-0.05, 0) is 19.8 Å². The van der Waals surface area contributed by atoms with E-state index >= 15 is 0 Å². The highest BCUT2D eigenvalue weighted by atomic mass is 19.4. The molecule has 0 aromatic rings.